The molecular weight excluding hydrogens is 382 g/mol. The topological polar surface area (TPSA) is 103 Å². The predicted molar refractivity (Wildman–Crippen MR) is 109 cm³/mol. The van der Waals surface area contributed by atoms with Crippen LogP contribution in [0.15, 0.2) is 61.1 Å². The Morgan fingerprint density at radius 3 is 2.63 bits per heavy atom. The highest BCUT2D eigenvalue weighted by Crippen LogP contribution is 2.22. The molecule has 4 rings (SSSR count). The Kier molecular flexibility index (Phi) is 4.96. The van der Waals surface area contributed by atoms with Crippen LogP contribution in [0.1, 0.15) is 28.8 Å². The highest BCUT2D eigenvalue weighted by Gasteiger charge is 2.23. The van der Waals surface area contributed by atoms with Crippen molar-refractivity contribution in [3.63, 3.8) is 0 Å². The molecule has 0 bridgehead atoms. The monoisotopic (exact) mass is 399 g/mol. The van der Waals surface area contributed by atoms with Crippen LogP contribution < -0.4 is 0 Å². The van der Waals surface area contributed by atoms with Gasteiger partial charge in [-0.2, -0.15) is 5.10 Å². The first kappa shape index (κ1) is 19.2. The molecule has 1 aromatic carbocycles. The molecule has 0 saturated carbocycles. The standard InChI is InChI=1S/C22H17N5O3/c1-22(29,21-24-12-5-13-25-21)10-9-15-6-3-7-16(14-15)27-19-17(8-4-11-23-19)18(26-27)20(28)30-2/h3-8,11-14,29H,1-2H3/t22-/m1/s1. The van der Waals surface area contributed by atoms with Crippen molar-refractivity contribution in [2.75, 3.05) is 7.11 Å². The number of rotatable bonds is 3. The van der Waals surface area contributed by atoms with Gasteiger partial charge in [0.2, 0.25) is 0 Å². The number of hydrogen-bond acceptors (Lipinski definition) is 7. The van der Waals surface area contributed by atoms with E-state index in [1.165, 1.54) is 14.0 Å². The van der Waals surface area contributed by atoms with Crippen LogP contribution in [-0.4, -0.2) is 42.9 Å². The lowest BCUT2D eigenvalue weighted by molar-refractivity contribution is 0.0595. The Bertz CT molecular complexity index is 1290. The Balaban J connectivity index is 1.75. The molecule has 0 aliphatic rings. The van der Waals surface area contributed by atoms with E-state index in [0.29, 0.717) is 22.3 Å². The Morgan fingerprint density at radius 2 is 1.87 bits per heavy atom. The maximum atomic E-state index is 12.1. The summed E-state index contributed by atoms with van der Waals surface area (Å²) in [6.07, 6.45) is 4.73. The van der Waals surface area contributed by atoms with Crippen LogP contribution >= 0.6 is 0 Å². The maximum absolute atomic E-state index is 12.1. The van der Waals surface area contributed by atoms with Gasteiger partial charge in [0.1, 0.15) is 0 Å². The summed E-state index contributed by atoms with van der Waals surface area (Å²) in [5.74, 6) is 5.43. The third-order valence-corrected chi connectivity index (χ3v) is 4.36. The fourth-order valence-corrected chi connectivity index (χ4v) is 2.89. The van der Waals surface area contributed by atoms with Gasteiger partial charge in [0.25, 0.3) is 0 Å². The Hall–Kier alpha value is -4.09. The van der Waals surface area contributed by atoms with Gasteiger partial charge in [0.05, 0.1) is 18.2 Å². The predicted octanol–water partition coefficient (Wildman–Crippen LogP) is 2.26. The number of aliphatic hydroxyl groups is 1. The summed E-state index contributed by atoms with van der Waals surface area (Å²) in [4.78, 5) is 24.6. The van der Waals surface area contributed by atoms with E-state index in [0.717, 1.165) is 0 Å². The number of ether oxygens (including phenoxy) is 1. The summed E-state index contributed by atoms with van der Waals surface area (Å²) >= 11 is 0. The van der Waals surface area contributed by atoms with Crippen molar-refractivity contribution in [3.8, 4) is 17.5 Å². The summed E-state index contributed by atoms with van der Waals surface area (Å²) in [6.45, 7) is 1.53. The summed E-state index contributed by atoms with van der Waals surface area (Å²) in [5.41, 5.74) is 0.503. The first-order chi connectivity index (χ1) is 14.5. The smallest absolute Gasteiger partial charge is 0.359 e. The van der Waals surface area contributed by atoms with E-state index in [4.69, 9.17) is 4.74 Å². The number of fused-ring (bicyclic) bond motifs is 1. The lowest BCUT2D eigenvalue weighted by Crippen LogP contribution is -2.21. The average Bonchev–Trinajstić information content (AvgIpc) is 3.18. The molecule has 1 N–H and O–H groups in total. The zero-order chi connectivity index (χ0) is 21.1. The van der Waals surface area contributed by atoms with Crippen molar-refractivity contribution in [1.29, 1.82) is 0 Å². The summed E-state index contributed by atoms with van der Waals surface area (Å²) in [6, 6.07) is 12.4. The van der Waals surface area contributed by atoms with E-state index in [-0.39, 0.29) is 11.5 Å². The summed E-state index contributed by atoms with van der Waals surface area (Å²) in [5, 5.41) is 15.6. The molecule has 0 saturated heterocycles. The van der Waals surface area contributed by atoms with Crippen molar-refractivity contribution in [1.82, 2.24) is 24.7 Å². The number of benzene rings is 1. The van der Waals surface area contributed by atoms with E-state index >= 15 is 0 Å². The molecule has 0 unspecified atom stereocenters. The van der Waals surface area contributed by atoms with E-state index in [1.807, 2.05) is 6.07 Å². The van der Waals surface area contributed by atoms with Gasteiger partial charge in [-0.15, -0.1) is 0 Å². The van der Waals surface area contributed by atoms with Crippen molar-refractivity contribution in [3.05, 3.63) is 78.1 Å². The van der Waals surface area contributed by atoms with Gasteiger partial charge in [-0.3, -0.25) is 0 Å². The number of methoxy groups -OCH3 is 1. The Morgan fingerprint density at radius 1 is 1.10 bits per heavy atom. The molecule has 8 nitrogen and oxygen atoms in total. The molecule has 0 fully saturated rings. The van der Waals surface area contributed by atoms with Gasteiger partial charge in [-0.05, 0) is 43.3 Å². The molecule has 148 valence electrons. The van der Waals surface area contributed by atoms with E-state index < -0.39 is 11.6 Å². The fourth-order valence-electron chi connectivity index (χ4n) is 2.89. The van der Waals surface area contributed by atoms with Gasteiger partial charge in [-0.1, -0.05) is 17.9 Å². The molecule has 3 aromatic heterocycles. The normalized spacial score (nSPS) is 12.6. The van der Waals surface area contributed by atoms with Gasteiger partial charge >= 0.3 is 5.97 Å². The van der Waals surface area contributed by atoms with Gasteiger partial charge < -0.3 is 9.84 Å². The molecular formula is C22H17N5O3. The second-order valence-electron chi connectivity index (χ2n) is 6.57. The second kappa shape index (κ2) is 7.73. The number of esters is 1. The van der Waals surface area contributed by atoms with Crippen molar-refractivity contribution < 1.29 is 14.6 Å². The highest BCUT2D eigenvalue weighted by atomic mass is 16.5. The number of carbonyl (C=O) groups excluding carboxylic acids is 1. The van der Waals surface area contributed by atoms with Gasteiger partial charge in [-0.25, -0.2) is 24.4 Å². The minimum atomic E-state index is -1.50. The molecule has 3 heterocycles. The summed E-state index contributed by atoms with van der Waals surface area (Å²) in [7, 11) is 1.31. The highest BCUT2D eigenvalue weighted by molar-refractivity contribution is 6.01. The molecule has 8 heteroatoms. The van der Waals surface area contributed by atoms with Crippen molar-refractivity contribution >= 4 is 17.0 Å². The van der Waals surface area contributed by atoms with E-state index in [2.05, 4.69) is 31.9 Å². The number of pyridine rings is 1. The Labute approximate surface area is 172 Å². The quantitative estimate of drug-likeness (QED) is 0.416. The lowest BCUT2D eigenvalue weighted by atomic mass is 10.1. The van der Waals surface area contributed by atoms with Gasteiger partial charge in [0, 0.05) is 24.2 Å². The minimum absolute atomic E-state index is 0.182. The van der Waals surface area contributed by atoms with E-state index in [1.54, 1.807) is 59.7 Å². The molecule has 0 radical (unpaired) electrons. The third-order valence-electron chi connectivity index (χ3n) is 4.36. The largest absolute Gasteiger partial charge is 0.464 e. The van der Waals surface area contributed by atoms with Crippen LogP contribution in [0.5, 0.6) is 0 Å². The minimum Gasteiger partial charge on any atom is -0.464 e. The SMILES string of the molecule is COC(=O)c1nn(-c2cccc(C#C[C@@](C)(O)c3ncccn3)c2)c2ncccc12. The van der Waals surface area contributed by atoms with Gasteiger partial charge in [0.15, 0.2) is 22.8 Å². The number of aromatic nitrogens is 5. The average molecular weight is 399 g/mol. The molecule has 0 aliphatic heterocycles. The first-order valence-electron chi connectivity index (χ1n) is 9.05. The molecule has 4 aromatic rings. The fraction of sp³-hybridized carbons (Fsp3) is 0.136. The van der Waals surface area contributed by atoms with Crippen LogP contribution in [0.2, 0.25) is 0 Å². The number of nitrogens with zero attached hydrogens (tertiary/aromatic N) is 5. The number of hydrogen-bond donors (Lipinski definition) is 1. The van der Waals surface area contributed by atoms with Crippen LogP contribution in [0.4, 0.5) is 0 Å². The molecule has 1 atom stereocenters. The van der Waals surface area contributed by atoms with Crippen LogP contribution in [0, 0.1) is 11.8 Å². The van der Waals surface area contributed by atoms with Crippen molar-refractivity contribution in [2.24, 2.45) is 0 Å². The molecule has 0 aliphatic carbocycles. The summed E-state index contributed by atoms with van der Waals surface area (Å²) < 4.78 is 6.39. The maximum Gasteiger partial charge on any atom is 0.359 e. The van der Waals surface area contributed by atoms with Crippen LogP contribution in [-0.2, 0) is 10.3 Å². The first-order valence-corrected chi connectivity index (χ1v) is 9.05. The zero-order valence-electron chi connectivity index (χ0n) is 16.3. The second-order valence-corrected chi connectivity index (χ2v) is 6.57. The van der Waals surface area contributed by atoms with Crippen LogP contribution in [0.3, 0.4) is 0 Å². The van der Waals surface area contributed by atoms with Crippen molar-refractivity contribution in [2.45, 2.75) is 12.5 Å². The number of carbonyl (C=O) groups is 1. The van der Waals surface area contributed by atoms with Crippen LogP contribution in [0.25, 0.3) is 16.7 Å². The zero-order valence-corrected chi connectivity index (χ0v) is 16.3. The molecule has 0 amide bonds. The lowest BCUT2D eigenvalue weighted by Gasteiger charge is -2.13. The van der Waals surface area contributed by atoms with E-state index in [9.17, 15) is 9.90 Å². The molecule has 0 spiro atoms. The third kappa shape index (κ3) is 3.62. The molecule has 30 heavy (non-hydrogen) atoms.